The molecule has 10 aromatic rings. The van der Waals surface area contributed by atoms with Crippen molar-refractivity contribution in [3.05, 3.63) is 187 Å². The van der Waals surface area contributed by atoms with E-state index >= 15 is 0 Å². The van der Waals surface area contributed by atoms with Gasteiger partial charge in [-0.3, -0.25) is 4.98 Å². The van der Waals surface area contributed by atoms with Crippen LogP contribution in [0.3, 0.4) is 0 Å². The Hall–Kier alpha value is -6.20. The molecule has 0 aliphatic carbocycles. The van der Waals surface area contributed by atoms with Gasteiger partial charge in [0.2, 0.25) is 0 Å². The van der Waals surface area contributed by atoms with Crippen molar-refractivity contribution in [3.8, 4) is 39.5 Å². The maximum atomic E-state index is 12.5. The summed E-state index contributed by atoms with van der Waals surface area (Å²) in [7, 11) is 0. The third kappa shape index (κ3) is 7.15. The number of fused-ring (bicyclic) bond motifs is 6. The molecule has 10 rings (SSSR count). The molecule has 0 saturated heterocycles. The molecule has 0 unspecified atom stereocenters. The molecule has 0 aliphatic rings. The summed E-state index contributed by atoms with van der Waals surface area (Å²) in [4.78, 5) is 9.24. The SMILES string of the molecule is CC(C)c1cc(-c2ccccc2)cc(C(C)C)c1-n1c(-c2[c-]ccc3c2oc2c4ccccc4ccc32)nc2ccccc21.Fc1ccc(-c2[c-]cccc2)nc1.[Ir]. The molecule has 0 atom stereocenters. The number of aromatic nitrogens is 3. The van der Waals surface area contributed by atoms with Crippen LogP contribution in [0.25, 0.3) is 83.2 Å². The van der Waals surface area contributed by atoms with Gasteiger partial charge in [0.15, 0.2) is 0 Å². The summed E-state index contributed by atoms with van der Waals surface area (Å²) in [6, 6.07) is 57.9. The summed E-state index contributed by atoms with van der Waals surface area (Å²) in [6.45, 7) is 9.14. The molecule has 58 heavy (non-hydrogen) atoms. The second kappa shape index (κ2) is 16.3. The van der Waals surface area contributed by atoms with Gasteiger partial charge in [0.05, 0.1) is 28.6 Å². The predicted molar refractivity (Wildman–Crippen MR) is 232 cm³/mol. The first kappa shape index (κ1) is 38.7. The molecule has 0 spiro atoms. The van der Waals surface area contributed by atoms with Crippen molar-refractivity contribution >= 4 is 43.7 Å². The fourth-order valence-electron chi connectivity index (χ4n) is 7.76. The molecule has 0 fully saturated rings. The minimum atomic E-state index is -0.320. The molecule has 0 aliphatic heterocycles. The van der Waals surface area contributed by atoms with E-state index in [1.54, 1.807) is 12.1 Å². The number of hydrogen-bond donors (Lipinski definition) is 0. The number of halogens is 1. The maximum Gasteiger partial charge on any atom is 0.139 e. The van der Waals surface area contributed by atoms with Crippen LogP contribution in [0.2, 0.25) is 0 Å². The minimum Gasteiger partial charge on any atom is -0.500 e. The molecule has 6 heteroatoms. The second-order valence-electron chi connectivity index (χ2n) is 14.9. The molecule has 0 amide bonds. The molecule has 0 saturated carbocycles. The average molecular weight is 934 g/mol. The van der Waals surface area contributed by atoms with Crippen molar-refractivity contribution in [2.24, 2.45) is 0 Å². The third-order valence-electron chi connectivity index (χ3n) is 10.6. The van der Waals surface area contributed by atoms with Crippen LogP contribution in [0.1, 0.15) is 50.7 Å². The van der Waals surface area contributed by atoms with Crippen molar-refractivity contribution in [2.75, 3.05) is 0 Å². The molecule has 1 radical (unpaired) electrons. The normalized spacial score (nSPS) is 11.4. The first-order chi connectivity index (χ1) is 27.9. The molecule has 0 N–H and O–H groups in total. The molecular formula is C52H40FIrN3O-2. The fourth-order valence-corrected chi connectivity index (χ4v) is 7.76. The first-order valence-corrected chi connectivity index (χ1v) is 19.4. The zero-order chi connectivity index (χ0) is 39.0. The Balaban J connectivity index is 0.000000286. The van der Waals surface area contributed by atoms with Gasteiger partial charge in [0.1, 0.15) is 11.4 Å². The van der Waals surface area contributed by atoms with Gasteiger partial charge in [-0.1, -0.05) is 124 Å². The Morgan fingerprint density at radius 3 is 2.05 bits per heavy atom. The second-order valence-corrected chi connectivity index (χ2v) is 14.9. The van der Waals surface area contributed by atoms with Crippen LogP contribution in [0.4, 0.5) is 4.39 Å². The van der Waals surface area contributed by atoms with Crippen LogP contribution in [0.15, 0.2) is 162 Å². The maximum absolute atomic E-state index is 12.5. The van der Waals surface area contributed by atoms with Crippen LogP contribution in [-0.2, 0) is 20.1 Å². The predicted octanol–water partition coefficient (Wildman–Crippen LogP) is 14.1. The van der Waals surface area contributed by atoms with E-state index in [2.05, 4.69) is 159 Å². The third-order valence-corrected chi connectivity index (χ3v) is 10.6. The number of nitrogens with zero attached hydrogens (tertiary/aromatic N) is 3. The van der Waals surface area contributed by atoms with Crippen molar-refractivity contribution in [1.82, 2.24) is 14.5 Å². The number of furan rings is 1. The summed E-state index contributed by atoms with van der Waals surface area (Å²) in [6.07, 6.45) is 1.20. The van der Waals surface area contributed by atoms with Crippen LogP contribution < -0.4 is 0 Å². The molecule has 7 aromatic carbocycles. The van der Waals surface area contributed by atoms with Crippen LogP contribution in [-0.4, -0.2) is 14.5 Å². The van der Waals surface area contributed by atoms with Gasteiger partial charge < -0.3 is 14.0 Å². The van der Waals surface area contributed by atoms with Crippen molar-refractivity contribution in [1.29, 1.82) is 0 Å². The van der Waals surface area contributed by atoms with Crippen molar-refractivity contribution in [3.63, 3.8) is 0 Å². The van der Waals surface area contributed by atoms with E-state index in [1.807, 2.05) is 24.3 Å². The number of rotatable bonds is 6. The van der Waals surface area contributed by atoms with Crippen molar-refractivity contribution < 1.29 is 28.9 Å². The van der Waals surface area contributed by atoms with E-state index in [1.165, 1.54) is 45.6 Å². The molecule has 0 bridgehead atoms. The van der Waals surface area contributed by atoms with Gasteiger partial charge >= 0.3 is 0 Å². The summed E-state index contributed by atoms with van der Waals surface area (Å²) in [5, 5.41) is 4.46. The Morgan fingerprint density at radius 1 is 0.621 bits per heavy atom. The number of benzene rings is 7. The number of para-hydroxylation sites is 2. The Bertz CT molecular complexity index is 2990. The molecular weight excluding hydrogens is 894 g/mol. The Labute approximate surface area is 351 Å². The van der Waals surface area contributed by atoms with Gasteiger partial charge in [-0.2, -0.15) is 0 Å². The average Bonchev–Trinajstić information content (AvgIpc) is 3.83. The van der Waals surface area contributed by atoms with Crippen LogP contribution in [0.5, 0.6) is 0 Å². The summed E-state index contributed by atoms with van der Waals surface area (Å²) in [5.74, 6) is 1.10. The van der Waals surface area contributed by atoms with Gasteiger partial charge in [-0.15, -0.1) is 54.1 Å². The van der Waals surface area contributed by atoms with E-state index < -0.39 is 0 Å². The first-order valence-electron chi connectivity index (χ1n) is 19.4. The molecule has 3 heterocycles. The number of imidazole rings is 1. The Kier molecular flexibility index (Phi) is 10.9. The van der Waals surface area contributed by atoms with Gasteiger partial charge in [-0.05, 0) is 75.5 Å². The number of hydrogen-bond acceptors (Lipinski definition) is 3. The quantitative estimate of drug-likeness (QED) is 0.156. The smallest absolute Gasteiger partial charge is 0.139 e. The topological polar surface area (TPSA) is 43.9 Å². The van der Waals surface area contributed by atoms with E-state index in [0.29, 0.717) is 0 Å². The van der Waals surface area contributed by atoms with Crippen LogP contribution in [0, 0.1) is 17.9 Å². The fraction of sp³-hybridized carbons (Fsp3) is 0.115. The monoisotopic (exact) mass is 934 g/mol. The molecule has 4 nitrogen and oxygen atoms in total. The van der Waals surface area contributed by atoms with Crippen molar-refractivity contribution in [2.45, 2.75) is 39.5 Å². The Morgan fingerprint density at radius 2 is 1.33 bits per heavy atom. The van der Waals surface area contributed by atoms with Gasteiger partial charge in [0, 0.05) is 36.6 Å². The minimum absolute atomic E-state index is 0. The van der Waals surface area contributed by atoms with Crippen LogP contribution >= 0.6 is 0 Å². The van der Waals surface area contributed by atoms with Gasteiger partial charge in [-0.25, -0.2) is 4.39 Å². The summed E-state index contributed by atoms with van der Waals surface area (Å²) < 4.78 is 21.7. The standard InChI is InChI=1S/C41H33N2O.C11H7FN.Ir/c1-25(2)34-23-29(27-13-6-5-7-14-27)24-35(26(3)4)38(34)43-37-20-11-10-19-36(37)42-41(43)33-18-12-17-31-32-22-21-28-15-8-9-16-30(28)39(32)44-40(31)33;12-10-6-7-11(13-8-10)9-4-2-1-3-5-9;/h5-17,19-26H,1-4H3;1-4,6-8H;/q2*-1;. The zero-order valence-electron chi connectivity index (χ0n) is 32.6. The van der Waals surface area contributed by atoms with E-state index in [4.69, 9.17) is 9.40 Å². The van der Waals surface area contributed by atoms with E-state index in [9.17, 15) is 4.39 Å². The summed E-state index contributed by atoms with van der Waals surface area (Å²) in [5.41, 5.74) is 12.5. The summed E-state index contributed by atoms with van der Waals surface area (Å²) >= 11 is 0. The largest absolute Gasteiger partial charge is 0.500 e. The zero-order valence-corrected chi connectivity index (χ0v) is 35.0. The van der Waals surface area contributed by atoms with E-state index in [0.717, 1.165) is 61.0 Å². The molecule has 287 valence electrons. The number of pyridine rings is 1. The molecule has 3 aromatic heterocycles. The van der Waals surface area contributed by atoms with E-state index in [-0.39, 0.29) is 37.8 Å². The van der Waals surface area contributed by atoms with Gasteiger partial charge in [0.25, 0.3) is 0 Å².